The lowest BCUT2D eigenvalue weighted by Crippen LogP contribution is -2.41. The highest BCUT2D eigenvalue weighted by molar-refractivity contribution is 6.62. The van der Waals surface area contributed by atoms with Gasteiger partial charge < -0.3 is 23.6 Å². The summed E-state index contributed by atoms with van der Waals surface area (Å²) in [7, 11) is -0.560. The monoisotopic (exact) mass is 452 g/mol. The fourth-order valence-electron chi connectivity index (χ4n) is 4.61. The molecule has 0 radical (unpaired) electrons. The van der Waals surface area contributed by atoms with Crippen molar-refractivity contribution >= 4 is 29.5 Å². The largest absolute Gasteiger partial charge is 0.495 e. The predicted octanol–water partition coefficient (Wildman–Crippen LogP) is 4.56. The quantitative estimate of drug-likeness (QED) is 0.572. The van der Waals surface area contributed by atoms with E-state index < -0.39 is 30.4 Å². The Morgan fingerprint density at radius 2 is 1.91 bits per heavy atom. The molecule has 1 N–H and O–H groups in total. The molecule has 2 aliphatic rings. The number of aliphatic carboxylic acids is 1. The third-order valence-electron chi connectivity index (χ3n) is 7.07. The molecule has 2 aromatic carbocycles. The molecule has 1 atom stereocenters. The van der Waals surface area contributed by atoms with Crippen LogP contribution < -0.4 is 10.2 Å². The maximum Gasteiger partial charge on any atom is 0.495 e. The summed E-state index contributed by atoms with van der Waals surface area (Å²) in [5, 5.41) is 9.77. The van der Waals surface area contributed by atoms with Gasteiger partial charge in [-0.15, -0.1) is 0 Å². The standard InChI is InChI=1S/C25H26BFO6/c1-24(2)25(3,4)33-26(32-24)18-8-9-19(27)23-17(18)7-10-20(23)31-15-5-6-16-14(11-22(28)29)13-30-21(16)12-15/h5-6,8-9,12-13,20H,7,10-11H2,1-4H3,(H,28,29)/t20-/m1/s1. The molecule has 33 heavy (non-hydrogen) atoms. The summed E-state index contributed by atoms with van der Waals surface area (Å²) in [5.41, 5.74) is 2.43. The second-order valence-electron chi connectivity index (χ2n) is 9.75. The lowest BCUT2D eigenvalue weighted by atomic mass is 9.75. The molecule has 0 saturated carbocycles. The van der Waals surface area contributed by atoms with Crippen molar-refractivity contribution in [3.8, 4) is 5.75 Å². The molecule has 172 valence electrons. The van der Waals surface area contributed by atoms with E-state index in [1.54, 1.807) is 24.3 Å². The fourth-order valence-corrected chi connectivity index (χ4v) is 4.61. The molecular formula is C25H26BFO6. The number of fused-ring (bicyclic) bond motifs is 2. The molecule has 1 aromatic heterocycles. The van der Waals surface area contributed by atoms with Gasteiger partial charge >= 0.3 is 13.1 Å². The summed E-state index contributed by atoms with van der Waals surface area (Å²) in [6.07, 6.45) is 2.17. The molecule has 1 saturated heterocycles. The van der Waals surface area contributed by atoms with E-state index >= 15 is 0 Å². The van der Waals surface area contributed by atoms with Crippen molar-refractivity contribution in [1.82, 2.24) is 0 Å². The van der Waals surface area contributed by atoms with Gasteiger partial charge in [0.25, 0.3) is 0 Å². The third kappa shape index (κ3) is 3.71. The molecule has 1 aliphatic carbocycles. The third-order valence-corrected chi connectivity index (χ3v) is 7.07. The Hall–Kier alpha value is -2.84. The average Bonchev–Trinajstić information content (AvgIpc) is 3.37. The van der Waals surface area contributed by atoms with E-state index in [1.165, 1.54) is 12.3 Å². The van der Waals surface area contributed by atoms with Gasteiger partial charge in [-0.05, 0) is 69.8 Å². The highest BCUT2D eigenvalue weighted by Crippen LogP contribution is 2.40. The van der Waals surface area contributed by atoms with Crippen molar-refractivity contribution < 1.29 is 32.8 Å². The van der Waals surface area contributed by atoms with Gasteiger partial charge in [0.2, 0.25) is 0 Å². The smallest absolute Gasteiger partial charge is 0.485 e. The van der Waals surface area contributed by atoms with Crippen LogP contribution in [0, 0.1) is 5.82 Å². The number of hydrogen-bond acceptors (Lipinski definition) is 5. The van der Waals surface area contributed by atoms with Crippen molar-refractivity contribution in [3.05, 3.63) is 59.1 Å². The molecule has 8 heteroatoms. The Labute approximate surface area is 191 Å². The molecule has 1 fully saturated rings. The Bertz CT molecular complexity index is 1230. The number of carboxylic acid groups (broad SMARTS) is 1. The van der Waals surface area contributed by atoms with E-state index in [4.69, 9.17) is 23.6 Å². The number of hydrogen-bond donors (Lipinski definition) is 1. The molecule has 2 heterocycles. The van der Waals surface area contributed by atoms with Crippen LogP contribution in [-0.4, -0.2) is 29.4 Å². The Morgan fingerprint density at radius 1 is 1.18 bits per heavy atom. The zero-order valence-electron chi connectivity index (χ0n) is 19.1. The minimum absolute atomic E-state index is 0.115. The minimum atomic E-state index is -0.922. The van der Waals surface area contributed by atoms with Crippen molar-refractivity contribution in [2.24, 2.45) is 0 Å². The predicted molar refractivity (Wildman–Crippen MR) is 121 cm³/mol. The summed E-state index contributed by atoms with van der Waals surface area (Å²) in [4.78, 5) is 11.0. The number of carboxylic acids is 1. The highest BCUT2D eigenvalue weighted by Gasteiger charge is 2.52. The number of carbonyl (C=O) groups is 1. The first-order chi connectivity index (χ1) is 15.6. The molecule has 0 spiro atoms. The number of halogens is 1. The lowest BCUT2D eigenvalue weighted by Gasteiger charge is -2.32. The molecular weight excluding hydrogens is 426 g/mol. The Morgan fingerprint density at radius 3 is 2.61 bits per heavy atom. The molecule has 3 aromatic rings. The summed E-state index contributed by atoms with van der Waals surface area (Å²) in [5.74, 6) is -0.693. The van der Waals surface area contributed by atoms with Gasteiger partial charge in [-0.1, -0.05) is 6.07 Å². The highest BCUT2D eigenvalue weighted by atomic mass is 19.1. The second-order valence-corrected chi connectivity index (χ2v) is 9.75. The van der Waals surface area contributed by atoms with Crippen LogP contribution in [0.15, 0.2) is 41.0 Å². The van der Waals surface area contributed by atoms with Crippen molar-refractivity contribution in [2.45, 2.75) is 64.3 Å². The zero-order chi connectivity index (χ0) is 23.5. The average molecular weight is 452 g/mol. The van der Waals surface area contributed by atoms with Crippen molar-refractivity contribution in [1.29, 1.82) is 0 Å². The molecule has 6 nitrogen and oxygen atoms in total. The van der Waals surface area contributed by atoms with Gasteiger partial charge in [0.15, 0.2) is 0 Å². The van der Waals surface area contributed by atoms with Crippen molar-refractivity contribution in [2.75, 3.05) is 0 Å². The molecule has 0 unspecified atom stereocenters. The number of ether oxygens (including phenoxy) is 1. The van der Waals surface area contributed by atoms with Gasteiger partial charge in [-0.3, -0.25) is 4.79 Å². The Balaban J connectivity index is 1.42. The van der Waals surface area contributed by atoms with Crippen LogP contribution >= 0.6 is 0 Å². The lowest BCUT2D eigenvalue weighted by molar-refractivity contribution is -0.136. The topological polar surface area (TPSA) is 78.1 Å². The normalized spacial score (nSPS) is 20.9. The van der Waals surface area contributed by atoms with E-state index in [-0.39, 0.29) is 12.2 Å². The summed E-state index contributed by atoms with van der Waals surface area (Å²) in [6, 6.07) is 8.46. The SMILES string of the molecule is CC1(C)OB(c2ccc(F)c3c2CC[C@H]3Oc2ccc3c(CC(=O)O)coc3c2)OC1(C)C. The first-order valence-corrected chi connectivity index (χ1v) is 11.1. The van der Waals surface area contributed by atoms with E-state index in [2.05, 4.69) is 0 Å². The van der Waals surface area contributed by atoms with Crippen LogP contribution in [-0.2, 0) is 26.9 Å². The fraction of sp³-hybridized carbons (Fsp3) is 0.400. The number of rotatable bonds is 5. The minimum Gasteiger partial charge on any atom is -0.485 e. The van der Waals surface area contributed by atoms with Gasteiger partial charge in [-0.25, -0.2) is 4.39 Å². The zero-order valence-corrected chi connectivity index (χ0v) is 19.1. The van der Waals surface area contributed by atoms with Gasteiger partial charge in [0.05, 0.1) is 23.9 Å². The number of furan rings is 1. The molecule has 1 aliphatic heterocycles. The van der Waals surface area contributed by atoms with Gasteiger partial charge in [0.1, 0.15) is 23.3 Å². The van der Waals surface area contributed by atoms with E-state index in [0.717, 1.165) is 16.4 Å². The van der Waals surface area contributed by atoms with E-state index in [9.17, 15) is 9.18 Å². The van der Waals surface area contributed by atoms with Gasteiger partial charge in [0, 0.05) is 22.6 Å². The van der Waals surface area contributed by atoms with Crippen LogP contribution in [0.5, 0.6) is 5.75 Å². The Kier molecular flexibility index (Phi) is 5.06. The van der Waals surface area contributed by atoms with Crippen LogP contribution in [0.4, 0.5) is 4.39 Å². The first-order valence-electron chi connectivity index (χ1n) is 11.1. The summed E-state index contributed by atoms with van der Waals surface area (Å²) in [6.45, 7) is 7.98. The van der Waals surface area contributed by atoms with Crippen molar-refractivity contribution in [3.63, 3.8) is 0 Å². The van der Waals surface area contributed by atoms with Crippen LogP contribution in [0.2, 0.25) is 0 Å². The molecule has 5 rings (SSSR count). The van der Waals surface area contributed by atoms with Crippen LogP contribution in [0.3, 0.4) is 0 Å². The van der Waals surface area contributed by atoms with E-state index in [1.807, 2.05) is 27.7 Å². The summed E-state index contributed by atoms with van der Waals surface area (Å²) >= 11 is 0. The maximum absolute atomic E-state index is 15.0. The van der Waals surface area contributed by atoms with E-state index in [0.29, 0.717) is 35.3 Å². The van der Waals surface area contributed by atoms with Crippen LogP contribution in [0.1, 0.15) is 56.9 Å². The molecule has 0 bridgehead atoms. The first kappa shape index (κ1) is 22.0. The number of benzene rings is 2. The van der Waals surface area contributed by atoms with Crippen LogP contribution in [0.25, 0.3) is 11.0 Å². The second kappa shape index (κ2) is 7.60. The summed E-state index contributed by atoms with van der Waals surface area (Å²) < 4.78 is 39.1. The van der Waals surface area contributed by atoms with Gasteiger partial charge in [-0.2, -0.15) is 0 Å². The maximum atomic E-state index is 15.0. The molecule has 0 amide bonds.